The molecule has 0 atom stereocenters. The topological polar surface area (TPSA) is 49.3 Å². The van der Waals surface area contributed by atoms with Crippen molar-refractivity contribution in [1.82, 2.24) is 5.32 Å². The molecule has 0 unspecified atom stereocenters. The zero-order chi connectivity index (χ0) is 7.28. The summed E-state index contributed by atoms with van der Waals surface area (Å²) in [5, 5.41) is 10.9. The quantitative estimate of drug-likeness (QED) is 0.319. The maximum Gasteiger partial charge on any atom is 0.285 e. The second-order valence-corrected chi connectivity index (χ2v) is 1.37. The average Bonchev–Trinajstić information content (AvgIpc) is 1.87. The van der Waals surface area contributed by atoms with E-state index < -0.39 is 5.91 Å². The molecule has 9 heavy (non-hydrogen) atoms. The number of hydrogen-bond acceptors (Lipinski definition) is 2. The van der Waals surface area contributed by atoms with Crippen LogP contribution in [0.15, 0.2) is 24.5 Å². The number of nitrogens with one attached hydrogen (secondary N) is 1. The first-order chi connectivity index (χ1) is 4.22. The monoisotopic (exact) mass is 127 g/mol. The molecule has 0 aliphatic heterocycles. The molecule has 0 aromatic carbocycles. The number of hydrogen-bond donors (Lipinski definition) is 2. The zero-order valence-corrected chi connectivity index (χ0v) is 5.22. The van der Waals surface area contributed by atoms with Crippen LogP contribution in [0, 0.1) is 0 Å². The number of rotatable bonds is 2. The molecule has 0 fully saturated rings. The van der Waals surface area contributed by atoms with Crippen molar-refractivity contribution in [2.75, 3.05) is 7.05 Å². The molecule has 0 aliphatic carbocycles. The van der Waals surface area contributed by atoms with Gasteiger partial charge in [0, 0.05) is 7.05 Å². The van der Waals surface area contributed by atoms with Crippen molar-refractivity contribution in [3.63, 3.8) is 0 Å². The summed E-state index contributed by atoms with van der Waals surface area (Å²) in [4.78, 5) is 10.4. The van der Waals surface area contributed by atoms with Gasteiger partial charge in [-0.15, -0.1) is 0 Å². The van der Waals surface area contributed by atoms with Gasteiger partial charge < -0.3 is 10.4 Å². The summed E-state index contributed by atoms with van der Waals surface area (Å²) < 4.78 is 0. The highest BCUT2D eigenvalue weighted by Gasteiger charge is 1.99. The number of carbonyl (C=O) groups is 1. The minimum Gasteiger partial charge on any atom is -0.503 e. The SMILES string of the molecule is C=C/C=C(/O)C(=O)NC. The molecule has 50 valence electrons. The highest BCUT2D eigenvalue weighted by molar-refractivity contribution is 5.90. The number of aliphatic hydroxyl groups is 1. The van der Waals surface area contributed by atoms with Gasteiger partial charge in [-0.1, -0.05) is 12.7 Å². The van der Waals surface area contributed by atoms with Gasteiger partial charge in [0.25, 0.3) is 5.91 Å². The Morgan fingerprint density at radius 1 is 1.78 bits per heavy atom. The molecule has 0 aromatic heterocycles. The lowest BCUT2D eigenvalue weighted by atomic mass is 10.4. The molecular weight excluding hydrogens is 118 g/mol. The van der Waals surface area contributed by atoms with Crippen LogP contribution in [0.2, 0.25) is 0 Å². The van der Waals surface area contributed by atoms with Crippen molar-refractivity contribution in [3.8, 4) is 0 Å². The molecule has 0 aromatic rings. The van der Waals surface area contributed by atoms with E-state index in [4.69, 9.17) is 5.11 Å². The third kappa shape index (κ3) is 2.54. The van der Waals surface area contributed by atoms with Crippen LogP contribution in [-0.2, 0) is 4.79 Å². The highest BCUT2D eigenvalue weighted by atomic mass is 16.3. The van der Waals surface area contributed by atoms with Crippen molar-refractivity contribution in [2.45, 2.75) is 0 Å². The van der Waals surface area contributed by atoms with E-state index in [9.17, 15) is 4.79 Å². The largest absolute Gasteiger partial charge is 0.503 e. The van der Waals surface area contributed by atoms with Crippen molar-refractivity contribution >= 4 is 5.91 Å². The predicted octanol–water partition coefficient (Wildman–Crippen LogP) is 0.360. The number of allylic oxidation sites excluding steroid dienone is 2. The molecule has 0 rings (SSSR count). The van der Waals surface area contributed by atoms with Crippen LogP contribution in [-0.4, -0.2) is 18.1 Å². The Balaban J connectivity index is 4.01. The Labute approximate surface area is 53.7 Å². The van der Waals surface area contributed by atoms with E-state index in [0.29, 0.717) is 0 Å². The Kier molecular flexibility index (Phi) is 3.20. The Morgan fingerprint density at radius 2 is 2.33 bits per heavy atom. The second kappa shape index (κ2) is 3.72. The summed E-state index contributed by atoms with van der Waals surface area (Å²) in [5.41, 5.74) is 0. The van der Waals surface area contributed by atoms with Crippen molar-refractivity contribution in [2.24, 2.45) is 0 Å². The summed E-state index contributed by atoms with van der Waals surface area (Å²) >= 11 is 0. The normalized spacial score (nSPS) is 10.6. The summed E-state index contributed by atoms with van der Waals surface area (Å²) in [5.74, 6) is -0.831. The van der Waals surface area contributed by atoms with Crippen LogP contribution in [0.3, 0.4) is 0 Å². The molecule has 3 nitrogen and oxygen atoms in total. The van der Waals surface area contributed by atoms with Gasteiger partial charge in [-0.05, 0) is 6.08 Å². The fourth-order valence-electron chi connectivity index (χ4n) is 0.315. The minimum absolute atomic E-state index is 0.326. The summed E-state index contributed by atoms with van der Waals surface area (Å²) in [6, 6.07) is 0. The molecule has 0 spiro atoms. The van der Waals surface area contributed by atoms with Gasteiger partial charge in [0.1, 0.15) is 0 Å². The zero-order valence-electron chi connectivity index (χ0n) is 5.22. The third-order valence-electron chi connectivity index (χ3n) is 0.735. The van der Waals surface area contributed by atoms with Gasteiger partial charge in [-0.2, -0.15) is 0 Å². The van der Waals surface area contributed by atoms with E-state index >= 15 is 0 Å². The molecule has 3 heteroatoms. The van der Waals surface area contributed by atoms with E-state index in [0.717, 1.165) is 0 Å². The Hall–Kier alpha value is -1.25. The van der Waals surface area contributed by atoms with Crippen LogP contribution in [0.25, 0.3) is 0 Å². The molecule has 1 amide bonds. The third-order valence-corrected chi connectivity index (χ3v) is 0.735. The van der Waals surface area contributed by atoms with Crippen molar-refractivity contribution < 1.29 is 9.90 Å². The van der Waals surface area contributed by atoms with Gasteiger partial charge in [0.2, 0.25) is 0 Å². The van der Waals surface area contributed by atoms with E-state index in [-0.39, 0.29) is 5.76 Å². The Bertz CT molecular complexity index is 149. The lowest BCUT2D eigenvalue weighted by Gasteiger charge is -1.93. The lowest BCUT2D eigenvalue weighted by molar-refractivity contribution is -0.119. The van der Waals surface area contributed by atoms with Gasteiger partial charge in [-0.25, -0.2) is 0 Å². The highest BCUT2D eigenvalue weighted by Crippen LogP contribution is 1.85. The number of likely N-dealkylation sites (N-methyl/N-ethyl adjacent to an activating group) is 1. The molecule has 0 aliphatic rings. The standard InChI is InChI=1S/C6H9NO2/c1-3-4-5(8)6(9)7-2/h3-4,8H,1H2,2H3,(H,7,9)/b5-4+. The van der Waals surface area contributed by atoms with Crippen LogP contribution < -0.4 is 5.32 Å². The summed E-state index contributed by atoms with van der Waals surface area (Å²) in [6.07, 6.45) is 2.56. The minimum atomic E-state index is -0.505. The van der Waals surface area contributed by atoms with Crippen molar-refractivity contribution in [1.29, 1.82) is 0 Å². The van der Waals surface area contributed by atoms with Gasteiger partial charge in [0.15, 0.2) is 5.76 Å². The van der Waals surface area contributed by atoms with E-state index in [1.807, 2.05) is 0 Å². The fraction of sp³-hybridized carbons (Fsp3) is 0.167. The van der Waals surface area contributed by atoms with Gasteiger partial charge in [-0.3, -0.25) is 4.79 Å². The average molecular weight is 127 g/mol. The van der Waals surface area contributed by atoms with E-state index in [2.05, 4.69) is 11.9 Å². The molecule has 2 N–H and O–H groups in total. The summed E-state index contributed by atoms with van der Waals surface area (Å²) in [6.45, 7) is 3.30. The van der Waals surface area contributed by atoms with E-state index in [1.165, 1.54) is 19.2 Å². The predicted molar refractivity (Wildman–Crippen MR) is 35.0 cm³/mol. The maximum atomic E-state index is 10.4. The van der Waals surface area contributed by atoms with Crippen LogP contribution in [0.5, 0.6) is 0 Å². The van der Waals surface area contributed by atoms with E-state index in [1.54, 1.807) is 0 Å². The lowest BCUT2D eigenvalue weighted by Crippen LogP contribution is -2.19. The first kappa shape index (κ1) is 7.75. The van der Waals surface area contributed by atoms with Crippen LogP contribution in [0.4, 0.5) is 0 Å². The second-order valence-electron chi connectivity index (χ2n) is 1.37. The number of amides is 1. The molecule has 0 heterocycles. The maximum absolute atomic E-state index is 10.4. The first-order valence-electron chi connectivity index (χ1n) is 2.46. The van der Waals surface area contributed by atoms with Crippen LogP contribution in [0.1, 0.15) is 0 Å². The van der Waals surface area contributed by atoms with Gasteiger partial charge in [0.05, 0.1) is 0 Å². The fourth-order valence-corrected chi connectivity index (χ4v) is 0.315. The van der Waals surface area contributed by atoms with Crippen LogP contribution >= 0.6 is 0 Å². The molecule has 0 saturated carbocycles. The molecule has 0 saturated heterocycles. The number of carbonyl (C=O) groups excluding carboxylic acids is 1. The molecule has 0 bridgehead atoms. The molecular formula is C6H9NO2. The first-order valence-corrected chi connectivity index (χ1v) is 2.46. The summed E-state index contributed by atoms with van der Waals surface area (Å²) in [7, 11) is 1.44. The smallest absolute Gasteiger partial charge is 0.285 e. The van der Waals surface area contributed by atoms with Crippen molar-refractivity contribution in [3.05, 3.63) is 24.5 Å². The molecule has 0 radical (unpaired) electrons. The van der Waals surface area contributed by atoms with Gasteiger partial charge >= 0.3 is 0 Å². The number of aliphatic hydroxyl groups excluding tert-OH is 1. The Morgan fingerprint density at radius 3 is 2.67 bits per heavy atom.